The second-order valence-electron chi connectivity index (χ2n) is 5.58. The fraction of sp³-hybridized carbons (Fsp3) is 0.643. The van der Waals surface area contributed by atoms with Gasteiger partial charge in [-0.05, 0) is 33.0 Å². The van der Waals surface area contributed by atoms with E-state index in [0.29, 0.717) is 17.7 Å². The number of nitrogens with zero attached hydrogens (tertiary/aromatic N) is 4. The van der Waals surface area contributed by atoms with Gasteiger partial charge in [0.1, 0.15) is 5.82 Å². The van der Waals surface area contributed by atoms with E-state index in [1.807, 2.05) is 19.0 Å². The zero-order valence-corrected chi connectivity index (χ0v) is 12.9. The van der Waals surface area contributed by atoms with Crippen molar-refractivity contribution in [3.63, 3.8) is 0 Å². The van der Waals surface area contributed by atoms with Crippen LogP contribution in [-0.2, 0) is 0 Å². The third-order valence-electron chi connectivity index (χ3n) is 3.80. The van der Waals surface area contributed by atoms with Crippen LogP contribution in [0.3, 0.4) is 0 Å². The molecule has 1 N–H and O–H groups in total. The van der Waals surface area contributed by atoms with Gasteiger partial charge in [-0.2, -0.15) is 0 Å². The Morgan fingerprint density at radius 1 is 1.52 bits per heavy atom. The van der Waals surface area contributed by atoms with Gasteiger partial charge in [0.2, 0.25) is 5.82 Å². The molecule has 0 spiro atoms. The molecule has 21 heavy (non-hydrogen) atoms. The average Bonchev–Trinajstić information content (AvgIpc) is 2.94. The first kappa shape index (κ1) is 15.5. The summed E-state index contributed by atoms with van der Waals surface area (Å²) in [7, 11) is 4.07. The van der Waals surface area contributed by atoms with Gasteiger partial charge >= 0.3 is 5.69 Å². The maximum atomic E-state index is 11.2. The zero-order valence-electron chi connectivity index (χ0n) is 12.9. The quantitative estimate of drug-likeness (QED) is 0.638. The van der Waals surface area contributed by atoms with E-state index in [1.54, 1.807) is 12.1 Å². The number of hydrogen-bond donors (Lipinski definition) is 1. The minimum absolute atomic E-state index is 0.0801. The molecule has 0 amide bonds. The van der Waals surface area contributed by atoms with E-state index in [9.17, 15) is 10.1 Å². The number of hydrogen-bond acceptors (Lipinski definition) is 6. The number of rotatable bonds is 6. The summed E-state index contributed by atoms with van der Waals surface area (Å²) < 4.78 is 0. The number of nitrogens with one attached hydrogen (secondary N) is 1. The molecule has 1 aliphatic rings. The highest BCUT2D eigenvalue weighted by Crippen LogP contribution is 2.30. The molecule has 0 bridgehead atoms. The van der Waals surface area contributed by atoms with Crippen LogP contribution in [0, 0.1) is 10.1 Å². The van der Waals surface area contributed by atoms with Crippen molar-refractivity contribution >= 4 is 17.3 Å². The zero-order chi connectivity index (χ0) is 15.4. The van der Waals surface area contributed by atoms with Crippen LogP contribution >= 0.6 is 0 Å². The molecule has 1 saturated heterocycles. The van der Waals surface area contributed by atoms with Gasteiger partial charge in [-0.25, -0.2) is 4.98 Å². The molecule has 2 rings (SSSR count). The van der Waals surface area contributed by atoms with Crippen molar-refractivity contribution in [2.45, 2.75) is 25.8 Å². The summed E-state index contributed by atoms with van der Waals surface area (Å²) in [6.45, 7) is 4.46. The molecule has 1 aliphatic heterocycles. The van der Waals surface area contributed by atoms with Crippen LogP contribution in [0.1, 0.15) is 19.8 Å². The molecule has 7 heteroatoms. The third kappa shape index (κ3) is 3.60. The lowest BCUT2D eigenvalue weighted by molar-refractivity contribution is -0.384. The fourth-order valence-electron chi connectivity index (χ4n) is 2.52. The lowest BCUT2D eigenvalue weighted by atomic mass is 10.2. The highest BCUT2D eigenvalue weighted by Gasteiger charge is 2.30. The van der Waals surface area contributed by atoms with Gasteiger partial charge < -0.3 is 15.1 Å². The Hall–Kier alpha value is -1.89. The molecule has 1 atom stereocenters. The average molecular weight is 293 g/mol. The minimum atomic E-state index is -0.352. The van der Waals surface area contributed by atoms with E-state index in [1.165, 1.54) is 0 Å². The van der Waals surface area contributed by atoms with Gasteiger partial charge in [0.15, 0.2) is 0 Å². The van der Waals surface area contributed by atoms with Gasteiger partial charge in [0.25, 0.3) is 0 Å². The summed E-state index contributed by atoms with van der Waals surface area (Å²) in [5.74, 6) is 1.18. The van der Waals surface area contributed by atoms with Gasteiger partial charge in [0, 0.05) is 31.7 Å². The van der Waals surface area contributed by atoms with Crippen molar-refractivity contribution < 1.29 is 4.92 Å². The van der Waals surface area contributed by atoms with Gasteiger partial charge in [-0.1, -0.05) is 6.92 Å². The summed E-state index contributed by atoms with van der Waals surface area (Å²) in [6, 6.07) is 3.64. The van der Waals surface area contributed by atoms with Crippen molar-refractivity contribution in [2.24, 2.45) is 0 Å². The minimum Gasteiger partial charge on any atom is -0.370 e. The van der Waals surface area contributed by atoms with Gasteiger partial charge in [-0.15, -0.1) is 0 Å². The van der Waals surface area contributed by atoms with Crippen molar-refractivity contribution in [1.82, 2.24) is 9.88 Å². The highest BCUT2D eigenvalue weighted by atomic mass is 16.6. The van der Waals surface area contributed by atoms with Gasteiger partial charge in [-0.3, -0.25) is 10.1 Å². The molecule has 0 aromatic carbocycles. The normalized spacial score (nSPS) is 18.3. The molecule has 1 unspecified atom stereocenters. The molecular formula is C14H23N5O2. The maximum Gasteiger partial charge on any atom is 0.311 e. The Labute approximate surface area is 125 Å². The van der Waals surface area contributed by atoms with Crippen molar-refractivity contribution in [3.05, 3.63) is 22.2 Å². The molecule has 0 saturated carbocycles. The van der Waals surface area contributed by atoms with Crippen LogP contribution in [0.2, 0.25) is 0 Å². The van der Waals surface area contributed by atoms with Crippen LogP contribution in [0.15, 0.2) is 12.1 Å². The van der Waals surface area contributed by atoms with Crippen molar-refractivity contribution in [3.8, 4) is 0 Å². The summed E-state index contributed by atoms with van der Waals surface area (Å²) in [5, 5.41) is 14.4. The summed E-state index contributed by atoms with van der Waals surface area (Å²) >= 11 is 0. The first-order chi connectivity index (χ1) is 10.0. The predicted octanol–water partition coefficient (Wildman–Crippen LogP) is 1.95. The van der Waals surface area contributed by atoms with E-state index >= 15 is 0 Å². The predicted molar refractivity (Wildman–Crippen MR) is 84.0 cm³/mol. The summed E-state index contributed by atoms with van der Waals surface area (Å²) in [4.78, 5) is 19.5. The molecule has 1 fully saturated rings. The Balaban J connectivity index is 2.24. The SMILES string of the molecule is CCCNc1ccc([N+](=O)[O-])c(N2CCC(N(C)C)C2)n1. The van der Waals surface area contributed by atoms with E-state index in [2.05, 4.69) is 22.1 Å². The molecule has 116 valence electrons. The van der Waals surface area contributed by atoms with E-state index in [-0.39, 0.29) is 10.6 Å². The van der Waals surface area contributed by atoms with Crippen molar-refractivity contribution in [1.29, 1.82) is 0 Å². The van der Waals surface area contributed by atoms with Gasteiger partial charge in [0.05, 0.1) is 4.92 Å². The van der Waals surface area contributed by atoms with Crippen LogP contribution in [-0.4, -0.2) is 54.6 Å². The molecule has 2 heterocycles. The Morgan fingerprint density at radius 2 is 2.29 bits per heavy atom. The number of nitro groups is 1. The van der Waals surface area contributed by atoms with Crippen molar-refractivity contribution in [2.75, 3.05) is 43.9 Å². The van der Waals surface area contributed by atoms with E-state index in [0.717, 1.165) is 32.5 Å². The summed E-state index contributed by atoms with van der Waals surface area (Å²) in [5.41, 5.74) is 0.0801. The Morgan fingerprint density at radius 3 is 2.86 bits per heavy atom. The summed E-state index contributed by atoms with van der Waals surface area (Å²) in [6.07, 6.45) is 1.98. The number of pyridine rings is 1. The molecule has 7 nitrogen and oxygen atoms in total. The maximum absolute atomic E-state index is 11.2. The second kappa shape index (κ2) is 6.71. The Kier molecular flexibility index (Phi) is 4.95. The van der Waals surface area contributed by atoms with E-state index < -0.39 is 0 Å². The number of aromatic nitrogens is 1. The van der Waals surface area contributed by atoms with E-state index in [4.69, 9.17) is 0 Å². The second-order valence-corrected chi connectivity index (χ2v) is 5.58. The molecular weight excluding hydrogens is 270 g/mol. The van der Waals surface area contributed by atoms with Crippen LogP contribution in [0.4, 0.5) is 17.3 Å². The topological polar surface area (TPSA) is 74.5 Å². The standard InChI is InChI=1S/C14H23N5O2/c1-4-8-15-13-6-5-12(19(20)21)14(16-13)18-9-7-11(10-18)17(2)3/h5-6,11H,4,7-10H2,1-3H3,(H,15,16). The lowest BCUT2D eigenvalue weighted by Gasteiger charge is -2.21. The molecule has 0 aliphatic carbocycles. The third-order valence-corrected chi connectivity index (χ3v) is 3.80. The monoisotopic (exact) mass is 293 g/mol. The molecule has 1 aromatic rings. The largest absolute Gasteiger partial charge is 0.370 e. The number of anilines is 2. The first-order valence-corrected chi connectivity index (χ1v) is 7.33. The fourth-order valence-corrected chi connectivity index (χ4v) is 2.52. The number of likely N-dealkylation sites (N-methyl/N-ethyl adjacent to an activating group) is 1. The lowest BCUT2D eigenvalue weighted by Crippen LogP contribution is -2.32. The Bertz CT molecular complexity index is 506. The first-order valence-electron chi connectivity index (χ1n) is 7.33. The molecule has 1 aromatic heterocycles. The van der Waals surface area contributed by atoms with Crippen LogP contribution in [0.25, 0.3) is 0 Å². The smallest absolute Gasteiger partial charge is 0.311 e. The molecule has 0 radical (unpaired) electrons. The highest BCUT2D eigenvalue weighted by molar-refractivity contribution is 5.62. The van der Waals surface area contributed by atoms with Crippen LogP contribution in [0.5, 0.6) is 0 Å². The van der Waals surface area contributed by atoms with Crippen LogP contribution < -0.4 is 10.2 Å².